The maximum absolute atomic E-state index is 12.9. The molecule has 0 radical (unpaired) electrons. The number of rotatable bonds is 6. The molecule has 162 valence electrons. The second-order valence-electron chi connectivity index (χ2n) is 7.20. The quantitative estimate of drug-likeness (QED) is 0.525. The van der Waals surface area contributed by atoms with Crippen molar-refractivity contribution < 1.29 is 22.9 Å². The van der Waals surface area contributed by atoms with Gasteiger partial charge in [-0.25, -0.2) is 0 Å². The lowest BCUT2D eigenvalue weighted by atomic mass is 10.1. The fourth-order valence-corrected chi connectivity index (χ4v) is 3.46. The van der Waals surface area contributed by atoms with E-state index in [4.69, 9.17) is 0 Å². The van der Waals surface area contributed by atoms with Gasteiger partial charge in [-0.1, -0.05) is 18.2 Å². The molecular weight excluding hydrogens is 403 g/mol. The van der Waals surface area contributed by atoms with Crippen LogP contribution in [0.15, 0.2) is 30.5 Å². The number of halogens is 3. The SMILES string of the molecule is Cc1c([N+](=O)[O-])cnn1CCC(=O)N1CCN(Cc2cccc(C(F)(F)F)c2)CC1. The Morgan fingerprint density at radius 2 is 1.93 bits per heavy atom. The molecule has 2 aromatic rings. The number of carbonyl (C=O) groups is 1. The normalized spacial score (nSPS) is 15.4. The van der Waals surface area contributed by atoms with Crippen LogP contribution in [-0.4, -0.2) is 56.6 Å². The average molecular weight is 425 g/mol. The molecule has 1 amide bonds. The van der Waals surface area contributed by atoms with Crippen LogP contribution in [0.4, 0.5) is 18.9 Å². The molecule has 0 atom stereocenters. The van der Waals surface area contributed by atoms with Crippen molar-refractivity contribution in [3.05, 3.63) is 57.4 Å². The van der Waals surface area contributed by atoms with Crippen molar-refractivity contribution in [1.29, 1.82) is 0 Å². The number of aromatic nitrogens is 2. The summed E-state index contributed by atoms with van der Waals surface area (Å²) in [7, 11) is 0. The molecule has 0 spiro atoms. The van der Waals surface area contributed by atoms with Crippen LogP contribution in [0.1, 0.15) is 23.2 Å². The lowest BCUT2D eigenvalue weighted by Gasteiger charge is -2.35. The van der Waals surface area contributed by atoms with Crippen LogP contribution in [0.2, 0.25) is 0 Å². The van der Waals surface area contributed by atoms with Gasteiger partial charge in [0.2, 0.25) is 5.91 Å². The Balaban J connectivity index is 1.48. The molecule has 30 heavy (non-hydrogen) atoms. The molecular formula is C19H22F3N5O3. The van der Waals surface area contributed by atoms with Crippen LogP contribution in [0, 0.1) is 17.0 Å². The lowest BCUT2D eigenvalue weighted by Crippen LogP contribution is -2.48. The summed E-state index contributed by atoms with van der Waals surface area (Å²) >= 11 is 0. The number of amides is 1. The molecule has 1 aromatic heterocycles. The van der Waals surface area contributed by atoms with E-state index in [1.54, 1.807) is 17.9 Å². The van der Waals surface area contributed by atoms with Crippen molar-refractivity contribution >= 4 is 11.6 Å². The Labute approximate surface area is 171 Å². The minimum Gasteiger partial charge on any atom is -0.340 e. The third-order valence-corrected chi connectivity index (χ3v) is 5.20. The third-order valence-electron chi connectivity index (χ3n) is 5.20. The smallest absolute Gasteiger partial charge is 0.340 e. The Kier molecular flexibility index (Phi) is 6.40. The summed E-state index contributed by atoms with van der Waals surface area (Å²) in [4.78, 5) is 26.5. The first-order valence-corrected chi connectivity index (χ1v) is 9.48. The van der Waals surface area contributed by atoms with Gasteiger partial charge in [0.25, 0.3) is 0 Å². The van der Waals surface area contributed by atoms with Gasteiger partial charge < -0.3 is 4.90 Å². The minimum absolute atomic E-state index is 0.0775. The van der Waals surface area contributed by atoms with E-state index in [0.717, 1.165) is 12.1 Å². The van der Waals surface area contributed by atoms with E-state index in [-0.39, 0.29) is 24.6 Å². The van der Waals surface area contributed by atoms with Gasteiger partial charge in [-0.05, 0) is 18.6 Å². The second kappa shape index (κ2) is 8.82. The first kappa shape index (κ1) is 21.8. The topological polar surface area (TPSA) is 84.5 Å². The number of nitrogens with zero attached hydrogens (tertiary/aromatic N) is 5. The molecule has 0 N–H and O–H groups in total. The molecule has 0 unspecified atom stereocenters. The van der Waals surface area contributed by atoms with Gasteiger partial charge >= 0.3 is 11.9 Å². The van der Waals surface area contributed by atoms with Crippen molar-refractivity contribution in [2.75, 3.05) is 26.2 Å². The Bertz CT molecular complexity index is 920. The molecule has 0 bridgehead atoms. The van der Waals surface area contributed by atoms with Crippen molar-refractivity contribution in [2.45, 2.75) is 32.6 Å². The van der Waals surface area contributed by atoms with Gasteiger partial charge in [0, 0.05) is 39.1 Å². The Morgan fingerprint density at radius 3 is 2.53 bits per heavy atom. The molecule has 0 aliphatic carbocycles. The number of nitro groups is 1. The maximum atomic E-state index is 12.9. The van der Waals surface area contributed by atoms with E-state index >= 15 is 0 Å². The molecule has 1 aromatic carbocycles. The highest BCUT2D eigenvalue weighted by atomic mass is 19.4. The number of hydrogen-bond donors (Lipinski definition) is 0. The molecule has 8 nitrogen and oxygen atoms in total. The van der Waals surface area contributed by atoms with Gasteiger partial charge in [0.1, 0.15) is 11.9 Å². The third kappa shape index (κ3) is 5.15. The predicted octanol–water partition coefficient (Wildman–Crippen LogP) is 2.85. The predicted molar refractivity (Wildman–Crippen MR) is 102 cm³/mol. The Morgan fingerprint density at radius 1 is 1.23 bits per heavy atom. The van der Waals surface area contributed by atoms with Crippen LogP contribution < -0.4 is 0 Å². The molecule has 11 heteroatoms. The molecule has 2 heterocycles. The summed E-state index contributed by atoms with van der Waals surface area (Å²) in [5, 5.41) is 14.8. The lowest BCUT2D eigenvalue weighted by molar-refractivity contribution is -0.385. The summed E-state index contributed by atoms with van der Waals surface area (Å²) in [6, 6.07) is 5.27. The molecule has 1 fully saturated rings. The monoisotopic (exact) mass is 425 g/mol. The number of aryl methyl sites for hydroxylation is 1. The number of benzene rings is 1. The summed E-state index contributed by atoms with van der Waals surface area (Å²) in [5.41, 5.74) is 0.243. The van der Waals surface area contributed by atoms with E-state index in [0.29, 0.717) is 44.0 Å². The molecule has 0 saturated carbocycles. The van der Waals surface area contributed by atoms with E-state index in [2.05, 4.69) is 5.10 Å². The highest BCUT2D eigenvalue weighted by Gasteiger charge is 2.30. The molecule has 1 saturated heterocycles. The van der Waals surface area contributed by atoms with Gasteiger partial charge in [0.15, 0.2) is 0 Å². The molecule has 1 aliphatic heterocycles. The fourth-order valence-electron chi connectivity index (χ4n) is 3.46. The van der Waals surface area contributed by atoms with Crippen molar-refractivity contribution in [1.82, 2.24) is 19.6 Å². The molecule has 3 rings (SSSR count). The number of piperazine rings is 1. The van der Waals surface area contributed by atoms with E-state index in [1.807, 2.05) is 4.90 Å². The highest BCUT2D eigenvalue weighted by molar-refractivity contribution is 5.76. The maximum Gasteiger partial charge on any atom is 0.416 e. The van der Waals surface area contributed by atoms with Crippen LogP contribution in [0.5, 0.6) is 0 Å². The van der Waals surface area contributed by atoms with E-state index < -0.39 is 16.7 Å². The number of carbonyl (C=O) groups excluding carboxylic acids is 1. The fraction of sp³-hybridized carbons (Fsp3) is 0.474. The van der Waals surface area contributed by atoms with Gasteiger partial charge in [-0.3, -0.25) is 24.5 Å². The van der Waals surface area contributed by atoms with E-state index in [9.17, 15) is 28.1 Å². The standard InChI is InChI=1S/C19H22F3N5O3/c1-14-17(27(29)30)12-23-26(14)6-5-18(28)25-9-7-24(8-10-25)13-15-3-2-4-16(11-15)19(20,21)22/h2-4,11-12H,5-10,13H2,1H3. The first-order chi connectivity index (χ1) is 14.1. The van der Waals surface area contributed by atoms with Gasteiger partial charge in [-0.2, -0.15) is 18.3 Å². The summed E-state index contributed by atoms with van der Waals surface area (Å²) < 4.78 is 40.0. The second-order valence-corrected chi connectivity index (χ2v) is 7.20. The minimum atomic E-state index is -4.37. The van der Waals surface area contributed by atoms with Crippen LogP contribution in [-0.2, 0) is 24.1 Å². The summed E-state index contributed by atoms with van der Waals surface area (Å²) in [6.07, 6.45) is -3.02. The van der Waals surface area contributed by atoms with Crippen molar-refractivity contribution in [3.63, 3.8) is 0 Å². The zero-order valence-corrected chi connectivity index (χ0v) is 16.4. The zero-order chi connectivity index (χ0) is 21.9. The van der Waals surface area contributed by atoms with Gasteiger partial charge in [-0.15, -0.1) is 0 Å². The first-order valence-electron chi connectivity index (χ1n) is 9.48. The summed E-state index contributed by atoms with van der Waals surface area (Å²) in [6.45, 7) is 4.32. The average Bonchev–Trinajstić information content (AvgIpc) is 3.07. The van der Waals surface area contributed by atoms with Crippen LogP contribution >= 0.6 is 0 Å². The molecule has 1 aliphatic rings. The zero-order valence-electron chi connectivity index (χ0n) is 16.4. The largest absolute Gasteiger partial charge is 0.416 e. The van der Waals surface area contributed by atoms with Crippen LogP contribution in [0.3, 0.4) is 0 Å². The highest BCUT2D eigenvalue weighted by Crippen LogP contribution is 2.29. The van der Waals surface area contributed by atoms with Crippen molar-refractivity contribution in [2.24, 2.45) is 0 Å². The van der Waals surface area contributed by atoms with Crippen LogP contribution in [0.25, 0.3) is 0 Å². The number of hydrogen-bond acceptors (Lipinski definition) is 5. The summed E-state index contributed by atoms with van der Waals surface area (Å²) in [5.74, 6) is -0.0775. The van der Waals surface area contributed by atoms with Gasteiger partial charge in [0.05, 0.1) is 17.0 Å². The van der Waals surface area contributed by atoms with Crippen molar-refractivity contribution in [3.8, 4) is 0 Å². The van der Waals surface area contributed by atoms with E-state index in [1.165, 1.54) is 16.9 Å². The Hall–Kier alpha value is -2.95. The number of alkyl halides is 3.